The van der Waals surface area contributed by atoms with Crippen molar-refractivity contribution in [3.05, 3.63) is 35.6 Å². The second-order valence-electron chi connectivity index (χ2n) is 4.41. The lowest BCUT2D eigenvalue weighted by Crippen LogP contribution is -2.53. The first-order valence-electron chi connectivity index (χ1n) is 5.43. The third-order valence-corrected chi connectivity index (χ3v) is 3.10. The van der Waals surface area contributed by atoms with Gasteiger partial charge in [0.2, 0.25) is 0 Å². The topological polar surface area (TPSA) is 38.0 Å². The zero-order valence-corrected chi connectivity index (χ0v) is 8.80. The van der Waals surface area contributed by atoms with E-state index in [9.17, 15) is 4.39 Å². The number of halogens is 1. The third-order valence-electron chi connectivity index (χ3n) is 3.10. The maximum Gasteiger partial charge on any atom is 0.127 e. The van der Waals surface area contributed by atoms with Crippen molar-refractivity contribution in [1.82, 2.24) is 5.32 Å². The molecule has 0 amide bonds. The minimum absolute atomic E-state index is 0.0365. The molecule has 2 nitrogen and oxygen atoms in total. The fraction of sp³-hybridized carbons (Fsp3) is 0.500. The lowest BCUT2D eigenvalue weighted by atomic mass is 9.78. The van der Waals surface area contributed by atoms with E-state index in [2.05, 4.69) is 5.32 Å². The Balaban J connectivity index is 1.81. The predicted octanol–water partition coefficient (Wildman–Crippen LogP) is 1.80. The molecule has 1 fully saturated rings. The van der Waals surface area contributed by atoms with Crippen LogP contribution in [0, 0.1) is 5.82 Å². The number of nitrogens with two attached hydrogens (primary N) is 1. The smallest absolute Gasteiger partial charge is 0.127 e. The summed E-state index contributed by atoms with van der Waals surface area (Å²) < 4.78 is 13.2. The van der Waals surface area contributed by atoms with Gasteiger partial charge in [-0.05, 0) is 25.3 Å². The zero-order chi connectivity index (χ0) is 10.7. The summed E-state index contributed by atoms with van der Waals surface area (Å²) in [4.78, 5) is 0. The molecule has 0 bridgehead atoms. The highest BCUT2D eigenvalue weighted by molar-refractivity contribution is 5.17. The third kappa shape index (κ3) is 2.55. The Hall–Kier alpha value is -0.930. The summed E-state index contributed by atoms with van der Waals surface area (Å²) in [5, 5.41) is 3.22. The molecule has 82 valence electrons. The van der Waals surface area contributed by atoms with Crippen LogP contribution in [0.2, 0.25) is 0 Å². The number of hydrogen-bond donors (Lipinski definition) is 2. The quantitative estimate of drug-likeness (QED) is 0.791. The largest absolute Gasteiger partial charge is 0.324 e. The molecule has 1 aromatic carbocycles. The summed E-state index contributed by atoms with van der Waals surface area (Å²) in [6.07, 6.45) is 3.38. The van der Waals surface area contributed by atoms with Gasteiger partial charge in [-0.1, -0.05) is 18.2 Å². The van der Waals surface area contributed by atoms with E-state index in [0.717, 1.165) is 19.4 Å². The monoisotopic (exact) mass is 208 g/mol. The molecule has 3 N–H and O–H groups in total. The molecule has 1 aromatic rings. The molecule has 1 aliphatic carbocycles. The SMILES string of the molecule is NC1(CNCc2ccccc2F)CCC1. The highest BCUT2D eigenvalue weighted by Gasteiger charge is 2.31. The van der Waals surface area contributed by atoms with Gasteiger partial charge in [0.05, 0.1) is 0 Å². The predicted molar refractivity (Wildman–Crippen MR) is 58.9 cm³/mol. The van der Waals surface area contributed by atoms with Crippen molar-refractivity contribution < 1.29 is 4.39 Å². The Morgan fingerprint density at radius 2 is 2.07 bits per heavy atom. The van der Waals surface area contributed by atoms with Crippen molar-refractivity contribution in [3.8, 4) is 0 Å². The van der Waals surface area contributed by atoms with Crippen LogP contribution in [0.25, 0.3) is 0 Å². The molecule has 15 heavy (non-hydrogen) atoms. The highest BCUT2D eigenvalue weighted by atomic mass is 19.1. The molecule has 0 saturated heterocycles. The Labute approximate surface area is 89.7 Å². The van der Waals surface area contributed by atoms with Crippen molar-refractivity contribution >= 4 is 0 Å². The van der Waals surface area contributed by atoms with Gasteiger partial charge in [0.1, 0.15) is 5.82 Å². The summed E-state index contributed by atoms with van der Waals surface area (Å²) in [6, 6.07) is 6.84. The first-order chi connectivity index (χ1) is 7.20. The minimum atomic E-state index is -0.148. The summed E-state index contributed by atoms with van der Waals surface area (Å²) in [7, 11) is 0. The Morgan fingerprint density at radius 1 is 1.33 bits per heavy atom. The normalized spacial score (nSPS) is 18.5. The summed E-state index contributed by atoms with van der Waals surface area (Å²) in [6.45, 7) is 1.34. The van der Waals surface area contributed by atoms with Gasteiger partial charge >= 0.3 is 0 Å². The lowest BCUT2D eigenvalue weighted by Gasteiger charge is -2.38. The second kappa shape index (κ2) is 4.29. The average molecular weight is 208 g/mol. The lowest BCUT2D eigenvalue weighted by molar-refractivity contribution is 0.238. The van der Waals surface area contributed by atoms with E-state index in [-0.39, 0.29) is 11.4 Å². The van der Waals surface area contributed by atoms with E-state index in [1.807, 2.05) is 6.07 Å². The average Bonchev–Trinajstić information content (AvgIpc) is 2.18. The van der Waals surface area contributed by atoms with Crippen LogP contribution in [0.15, 0.2) is 24.3 Å². The Kier molecular flexibility index (Phi) is 3.03. The van der Waals surface area contributed by atoms with Crippen LogP contribution in [0.4, 0.5) is 4.39 Å². The molecule has 2 rings (SSSR count). The van der Waals surface area contributed by atoms with Crippen LogP contribution in [0.5, 0.6) is 0 Å². The number of rotatable bonds is 4. The number of benzene rings is 1. The van der Waals surface area contributed by atoms with E-state index in [1.165, 1.54) is 12.5 Å². The maximum absolute atomic E-state index is 13.2. The summed E-state index contributed by atoms with van der Waals surface area (Å²) >= 11 is 0. The van der Waals surface area contributed by atoms with Gasteiger partial charge in [-0.25, -0.2) is 4.39 Å². The summed E-state index contributed by atoms with van der Waals surface area (Å²) in [5.41, 5.74) is 6.72. The minimum Gasteiger partial charge on any atom is -0.324 e. The highest BCUT2D eigenvalue weighted by Crippen LogP contribution is 2.28. The molecule has 0 atom stereocenters. The molecule has 1 aliphatic rings. The molecule has 0 radical (unpaired) electrons. The van der Waals surface area contributed by atoms with Crippen LogP contribution in [-0.2, 0) is 6.54 Å². The van der Waals surface area contributed by atoms with Crippen molar-refractivity contribution in [1.29, 1.82) is 0 Å². The van der Waals surface area contributed by atoms with Crippen LogP contribution < -0.4 is 11.1 Å². The summed E-state index contributed by atoms with van der Waals surface area (Å²) in [5.74, 6) is -0.148. The van der Waals surface area contributed by atoms with Crippen LogP contribution in [-0.4, -0.2) is 12.1 Å². The Morgan fingerprint density at radius 3 is 2.67 bits per heavy atom. The van der Waals surface area contributed by atoms with E-state index < -0.39 is 0 Å². The molecule has 0 unspecified atom stereocenters. The molecule has 0 heterocycles. The molecular weight excluding hydrogens is 191 g/mol. The fourth-order valence-corrected chi connectivity index (χ4v) is 1.90. The first-order valence-corrected chi connectivity index (χ1v) is 5.43. The number of hydrogen-bond acceptors (Lipinski definition) is 2. The molecule has 0 aromatic heterocycles. The van der Waals surface area contributed by atoms with Gasteiger partial charge in [-0.15, -0.1) is 0 Å². The van der Waals surface area contributed by atoms with Crippen molar-refractivity contribution in [3.63, 3.8) is 0 Å². The molecule has 3 heteroatoms. The first kappa shape index (κ1) is 10.6. The standard InChI is InChI=1S/C12H17FN2/c13-11-5-2-1-4-10(11)8-15-9-12(14)6-3-7-12/h1-2,4-5,15H,3,6-9,14H2. The van der Waals surface area contributed by atoms with Crippen LogP contribution in [0.3, 0.4) is 0 Å². The van der Waals surface area contributed by atoms with Gasteiger partial charge in [-0.3, -0.25) is 0 Å². The number of nitrogens with one attached hydrogen (secondary N) is 1. The van der Waals surface area contributed by atoms with Gasteiger partial charge in [0.25, 0.3) is 0 Å². The van der Waals surface area contributed by atoms with Gasteiger partial charge < -0.3 is 11.1 Å². The maximum atomic E-state index is 13.2. The fourth-order valence-electron chi connectivity index (χ4n) is 1.90. The van der Waals surface area contributed by atoms with Crippen LogP contribution >= 0.6 is 0 Å². The van der Waals surface area contributed by atoms with E-state index >= 15 is 0 Å². The van der Waals surface area contributed by atoms with Crippen LogP contribution in [0.1, 0.15) is 24.8 Å². The molecule has 1 saturated carbocycles. The van der Waals surface area contributed by atoms with E-state index in [1.54, 1.807) is 12.1 Å². The van der Waals surface area contributed by atoms with Gasteiger partial charge in [-0.2, -0.15) is 0 Å². The van der Waals surface area contributed by atoms with E-state index in [0.29, 0.717) is 12.1 Å². The molecule has 0 spiro atoms. The zero-order valence-electron chi connectivity index (χ0n) is 8.80. The van der Waals surface area contributed by atoms with Gasteiger partial charge in [0, 0.05) is 24.2 Å². The van der Waals surface area contributed by atoms with Gasteiger partial charge in [0.15, 0.2) is 0 Å². The Bertz CT molecular complexity index is 334. The van der Waals surface area contributed by atoms with E-state index in [4.69, 9.17) is 5.73 Å². The molecule has 0 aliphatic heterocycles. The van der Waals surface area contributed by atoms with Crippen molar-refractivity contribution in [2.75, 3.05) is 6.54 Å². The van der Waals surface area contributed by atoms with Crippen molar-refractivity contribution in [2.45, 2.75) is 31.3 Å². The molecular formula is C12H17FN2. The second-order valence-corrected chi connectivity index (χ2v) is 4.41. The van der Waals surface area contributed by atoms with Crippen molar-refractivity contribution in [2.24, 2.45) is 5.73 Å².